The molecule has 0 aliphatic rings. The number of aliphatic hydroxyl groups is 1. The summed E-state index contributed by atoms with van der Waals surface area (Å²) in [5.74, 6) is 4.67. The third-order valence-corrected chi connectivity index (χ3v) is 2.68. The lowest BCUT2D eigenvalue weighted by Gasteiger charge is -2.09. The van der Waals surface area contributed by atoms with Crippen LogP contribution in [-0.4, -0.2) is 23.8 Å². The zero-order valence-corrected chi connectivity index (χ0v) is 11.7. The molecule has 0 radical (unpaired) electrons. The number of halogens is 4. The summed E-state index contributed by atoms with van der Waals surface area (Å²) in [5, 5.41) is 11.2. The van der Waals surface area contributed by atoms with Gasteiger partial charge >= 0.3 is 6.18 Å². The molecular weight excluding hydrogens is 307 g/mol. The zero-order chi connectivity index (χ0) is 15.9. The second kappa shape index (κ2) is 7.91. The summed E-state index contributed by atoms with van der Waals surface area (Å²) in [6.07, 6.45) is -5.93. The molecule has 0 heterocycles. The van der Waals surface area contributed by atoms with Crippen molar-refractivity contribution in [1.82, 2.24) is 0 Å². The van der Waals surface area contributed by atoms with Crippen molar-refractivity contribution in [2.75, 3.05) is 11.9 Å². The predicted molar refractivity (Wildman–Crippen MR) is 74.0 cm³/mol. The molecule has 7 heteroatoms. The molecule has 0 aliphatic heterocycles. The van der Waals surface area contributed by atoms with E-state index < -0.39 is 24.9 Å². The molecule has 0 unspecified atom stereocenters. The van der Waals surface area contributed by atoms with Gasteiger partial charge in [0.15, 0.2) is 0 Å². The maximum atomic E-state index is 12.0. The summed E-state index contributed by atoms with van der Waals surface area (Å²) < 4.78 is 36.1. The van der Waals surface area contributed by atoms with Crippen molar-refractivity contribution in [3.8, 4) is 11.8 Å². The van der Waals surface area contributed by atoms with E-state index in [4.69, 9.17) is 16.7 Å². The quantitative estimate of drug-likeness (QED) is 0.836. The van der Waals surface area contributed by atoms with E-state index in [1.807, 2.05) is 0 Å². The number of alkyl halides is 3. The number of carbonyl (C=O) groups excluding carboxylic acids is 1. The van der Waals surface area contributed by atoms with Crippen LogP contribution in [0, 0.1) is 11.8 Å². The zero-order valence-electron chi connectivity index (χ0n) is 10.9. The van der Waals surface area contributed by atoms with Gasteiger partial charge in [0.2, 0.25) is 5.91 Å². The Bertz CT molecular complexity index is 562. The van der Waals surface area contributed by atoms with Gasteiger partial charge in [0.1, 0.15) is 0 Å². The van der Waals surface area contributed by atoms with Gasteiger partial charge in [0, 0.05) is 18.4 Å². The molecule has 21 heavy (non-hydrogen) atoms. The van der Waals surface area contributed by atoms with Crippen molar-refractivity contribution in [3.05, 3.63) is 28.8 Å². The van der Waals surface area contributed by atoms with Gasteiger partial charge in [0.25, 0.3) is 0 Å². The van der Waals surface area contributed by atoms with E-state index >= 15 is 0 Å². The van der Waals surface area contributed by atoms with Crippen molar-refractivity contribution in [1.29, 1.82) is 0 Å². The molecule has 0 saturated heterocycles. The third kappa shape index (κ3) is 7.02. The van der Waals surface area contributed by atoms with Gasteiger partial charge in [-0.2, -0.15) is 13.2 Å². The Morgan fingerprint density at radius 2 is 2.10 bits per heavy atom. The van der Waals surface area contributed by atoms with Crippen LogP contribution < -0.4 is 5.32 Å². The molecule has 0 spiro atoms. The average molecular weight is 320 g/mol. The Balaban J connectivity index is 2.72. The van der Waals surface area contributed by atoms with Crippen LogP contribution in [0.3, 0.4) is 0 Å². The Kier molecular flexibility index (Phi) is 6.53. The van der Waals surface area contributed by atoms with Crippen molar-refractivity contribution in [2.24, 2.45) is 0 Å². The highest BCUT2D eigenvalue weighted by atomic mass is 35.5. The number of benzene rings is 1. The SMILES string of the molecule is O=C(CCC(F)(F)F)Nc1cc(C#CCCO)ccc1Cl. The lowest BCUT2D eigenvalue weighted by atomic mass is 10.2. The molecule has 0 bridgehead atoms. The summed E-state index contributed by atoms with van der Waals surface area (Å²) >= 11 is 5.87. The van der Waals surface area contributed by atoms with Crippen LogP contribution in [-0.2, 0) is 4.79 Å². The molecule has 1 amide bonds. The first-order valence-electron chi connectivity index (χ1n) is 6.07. The maximum absolute atomic E-state index is 12.0. The fraction of sp³-hybridized carbons (Fsp3) is 0.357. The normalized spacial score (nSPS) is 10.7. The molecule has 0 fully saturated rings. The van der Waals surface area contributed by atoms with Crippen LogP contribution >= 0.6 is 11.6 Å². The highest BCUT2D eigenvalue weighted by Crippen LogP contribution is 2.25. The Labute approximate surface area is 125 Å². The van der Waals surface area contributed by atoms with Crippen molar-refractivity contribution in [3.63, 3.8) is 0 Å². The highest BCUT2D eigenvalue weighted by Gasteiger charge is 2.27. The molecule has 2 N–H and O–H groups in total. The van der Waals surface area contributed by atoms with E-state index in [9.17, 15) is 18.0 Å². The number of amides is 1. The summed E-state index contributed by atoms with van der Waals surface area (Å²) in [4.78, 5) is 11.4. The number of aliphatic hydroxyl groups excluding tert-OH is 1. The van der Waals surface area contributed by atoms with E-state index in [-0.39, 0.29) is 17.3 Å². The molecule has 0 atom stereocenters. The lowest BCUT2D eigenvalue weighted by molar-refractivity contribution is -0.142. The Morgan fingerprint density at radius 3 is 2.71 bits per heavy atom. The molecule has 1 rings (SSSR count). The standard InChI is InChI=1S/C14H13ClF3NO2/c15-11-5-4-10(3-1-2-8-20)9-12(11)19-13(21)6-7-14(16,17)18/h4-5,9,20H,2,6-8H2,(H,19,21). The van der Waals surface area contributed by atoms with Crippen LogP contribution in [0.15, 0.2) is 18.2 Å². The van der Waals surface area contributed by atoms with Crippen molar-refractivity contribution >= 4 is 23.2 Å². The van der Waals surface area contributed by atoms with Crippen LogP contribution in [0.2, 0.25) is 5.02 Å². The van der Waals surface area contributed by atoms with Crippen LogP contribution in [0.1, 0.15) is 24.8 Å². The first kappa shape index (κ1) is 17.3. The number of hydrogen-bond acceptors (Lipinski definition) is 2. The van der Waals surface area contributed by atoms with E-state index in [0.717, 1.165) is 0 Å². The van der Waals surface area contributed by atoms with E-state index in [0.29, 0.717) is 12.0 Å². The summed E-state index contributed by atoms with van der Waals surface area (Å²) in [7, 11) is 0. The fourth-order valence-electron chi connectivity index (χ4n) is 1.39. The smallest absolute Gasteiger partial charge is 0.389 e. The van der Waals surface area contributed by atoms with E-state index in [1.54, 1.807) is 6.07 Å². The second-order valence-corrected chi connectivity index (χ2v) is 4.54. The number of rotatable bonds is 4. The van der Waals surface area contributed by atoms with Gasteiger partial charge < -0.3 is 10.4 Å². The third-order valence-electron chi connectivity index (χ3n) is 2.35. The first-order chi connectivity index (χ1) is 9.81. The van der Waals surface area contributed by atoms with Gasteiger partial charge in [-0.15, -0.1) is 0 Å². The molecule has 114 valence electrons. The van der Waals surface area contributed by atoms with Gasteiger partial charge in [-0.3, -0.25) is 4.79 Å². The molecule has 0 aromatic heterocycles. The van der Waals surface area contributed by atoms with Gasteiger partial charge in [-0.05, 0) is 18.2 Å². The van der Waals surface area contributed by atoms with E-state index in [1.165, 1.54) is 12.1 Å². The summed E-state index contributed by atoms with van der Waals surface area (Å²) in [6, 6.07) is 4.57. The van der Waals surface area contributed by atoms with Crippen LogP contribution in [0.5, 0.6) is 0 Å². The minimum Gasteiger partial charge on any atom is -0.395 e. The molecule has 3 nitrogen and oxygen atoms in total. The van der Waals surface area contributed by atoms with Crippen molar-refractivity contribution in [2.45, 2.75) is 25.4 Å². The van der Waals surface area contributed by atoms with Crippen molar-refractivity contribution < 1.29 is 23.1 Å². The average Bonchev–Trinajstić information content (AvgIpc) is 2.40. The van der Waals surface area contributed by atoms with Crippen LogP contribution in [0.4, 0.5) is 18.9 Å². The number of nitrogens with one attached hydrogen (secondary N) is 1. The highest BCUT2D eigenvalue weighted by molar-refractivity contribution is 6.33. The number of anilines is 1. The summed E-state index contributed by atoms with van der Waals surface area (Å²) in [6.45, 7) is -0.0678. The molecule has 1 aromatic rings. The molecule has 1 aromatic carbocycles. The largest absolute Gasteiger partial charge is 0.395 e. The fourth-order valence-corrected chi connectivity index (χ4v) is 1.55. The Morgan fingerprint density at radius 1 is 1.38 bits per heavy atom. The second-order valence-electron chi connectivity index (χ2n) is 4.13. The van der Waals surface area contributed by atoms with Crippen LogP contribution in [0.25, 0.3) is 0 Å². The van der Waals surface area contributed by atoms with Gasteiger partial charge in [-0.25, -0.2) is 0 Å². The maximum Gasteiger partial charge on any atom is 0.389 e. The molecule has 0 saturated carbocycles. The number of hydrogen-bond donors (Lipinski definition) is 2. The number of carbonyl (C=O) groups is 1. The predicted octanol–water partition coefficient (Wildman–Crippen LogP) is 3.35. The lowest BCUT2D eigenvalue weighted by Crippen LogP contribution is -2.16. The van der Waals surface area contributed by atoms with E-state index in [2.05, 4.69) is 17.2 Å². The van der Waals surface area contributed by atoms with Gasteiger partial charge in [0.05, 0.1) is 23.7 Å². The topological polar surface area (TPSA) is 49.3 Å². The molecule has 0 aliphatic carbocycles. The molecular formula is C14H13ClF3NO2. The first-order valence-corrected chi connectivity index (χ1v) is 6.45. The minimum absolute atomic E-state index is 0.0678. The summed E-state index contributed by atoms with van der Waals surface area (Å²) in [5.41, 5.74) is 0.749. The monoisotopic (exact) mass is 319 g/mol. The Hall–Kier alpha value is -1.71. The minimum atomic E-state index is -4.38. The van der Waals surface area contributed by atoms with Gasteiger partial charge in [-0.1, -0.05) is 23.4 Å².